The summed E-state index contributed by atoms with van der Waals surface area (Å²) in [5, 5.41) is 3.73. The van der Waals surface area contributed by atoms with Crippen molar-refractivity contribution in [1.29, 1.82) is 0 Å². The Labute approximate surface area is 197 Å². The van der Waals surface area contributed by atoms with E-state index in [9.17, 15) is 18.0 Å². The third kappa shape index (κ3) is 5.15. The fourth-order valence-electron chi connectivity index (χ4n) is 3.71. The minimum absolute atomic E-state index is 0.0518. The average molecular weight is 484 g/mol. The number of amides is 2. The van der Waals surface area contributed by atoms with Crippen LogP contribution in [0.15, 0.2) is 57.9 Å². The van der Waals surface area contributed by atoms with Gasteiger partial charge in [-0.15, -0.1) is 0 Å². The van der Waals surface area contributed by atoms with Gasteiger partial charge in [0.1, 0.15) is 0 Å². The van der Waals surface area contributed by atoms with Gasteiger partial charge in [0.2, 0.25) is 15.9 Å². The van der Waals surface area contributed by atoms with E-state index in [-0.39, 0.29) is 11.4 Å². The molecule has 4 rings (SSSR count). The maximum Gasteiger partial charge on any atom is 0.269 e. The fourth-order valence-corrected chi connectivity index (χ4v) is 5.23. The molecule has 2 amide bonds. The van der Waals surface area contributed by atoms with Crippen molar-refractivity contribution in [3.05, 3.63) is 65.5 Å². The lowest BCUT2D eigenvalue weighted by Crippen LogP contribution is -2.50. The summed E-state index contributed by atoms with van der Waals surface area (Å²) >= 11 is 0. The van der Waals surface area contributed by atoms with Crippen LogP contribution < -0.4 is 10.9 Å². The third-order valence-electron chi connectivity index (χ3n) is 5.63. The number of benzene rings is 2. The molecule has 2 heterocycles. The van der Waals surface area contributed by atoms with Crippen molar-refractivity contribution in [1.82, 2.24) is 25.3 Å². The van der Waals surface area contributed by atoms with Crippen molar-refractivity contribution >= 4 is 21.8 Å². The molecule has 0 bridgehead atoms. The minimum atomic E-state index is -3.70. The molecular formula is C23H25N5O5S. The normalized spacial score (nSPS) is 16.7. The van der Waals surface area contributed by atoms with Gasteiger partial charge < -0.3 is 4.52 Å². The number of carbonyl (C=O) groups is 2. The van der Waals surface area contributed by atoms with Gasteiger partial charge in [-0.2, -0.15) is 9.29 Å². The van der Waals surface area contributed by atoms with E-state index < -0.39 is 27.8 Å². The molecule has 0 spiro atoms. The Morgan fingerprint density at radius 3 is 2.38 bits per heavy atom. The first-order chi connectivity index (χ1) is 16.2. The fraction of sp³-hybridized carbons (Fsp3) is 0.304. The Kier molecular flexibility index (Phi) is 6.75. The predicted molar refractivity (Wildman–Crippen MR) is 123 cm³/mol. The standard InChI is InChI=1S/C23H25N5O5S/c1-15-5-11-20(12-6-15)34(31,32)28-13-3-4-19(14-28)22(30)26-25-21(29)17-7-9-18(10-8-17)23-24-16(2)27-33-23/h5-12,19H,3-4,13-14H2,1-2H3,(H,25,29)(H,26,30)/t19-/m0/s1. The zero-order valence-electron chi connectivity index (χ0n) is 18.8. The smallest absolute Gasteiger partial charge is 0.269 e. The number of aromatic nitrogens is 2. The quantitative estimate of drug-likeness (QED) is 0.531. The van der Waals surface area contributed by atoms with Gasteiger partial charge in [-0.3, -0.25) is 20.4 Å². The SMILES string of the molecule is Cc1ccc(S(=O)(=O)N2CCC[C@H](C(=O)NNC(=O)c3ccc(-c4nc(C)no4)cc3)C2)cc1. The van der Waals surface area contributed by atoms with Crippen LogP contribution >= 0.6 is 0 Å². The highest BCUT2D eigenvalue weighted by Gasteiger charge is 2.33. The highest BCUT2D eigenvalue weighted by molar-refractivity contribution is 7.89. The number of rotatable bonds is 5. The first kappa shape index (κ1) is 23.6. The second-order valence-electron chi connectivity index (χ2n) is 8.18. The summed E-state index contributed by atoms with van der Waals surface area (Å²) in [5.74, 6) is -0.651. The summed E-state index contributed by atoms with van der Waals surface area (Å²) in [7, 11) is -3.70. The minimum Gasteiger partial charge on any atom is -0.334 e. The molecule has 0 saturated carbocycles. The van der Waals surface area contributed by atoms with Crippen LogP contribution in [0.3, 0.4) is 0 Å². The van der Waals surface area contributed by atoms with Crippen LogP contribution in [0.2, 0.25) is 0 Å². The number of piperidine rings is 1. The number of sulfonamides is 1. The van der Waals surface area contributed by atoms with E-state index in [2.05, 4.69) is 21.0 Å². The van der Waals surface area contributed by atoms with Crippen LogP contribution in [-0.4, -0.2) is 47.8 Å². The van der Waals surface area contributed by atoms with E-state index in [1.807, 2.05) is 6.92 Å². The lowest BCUT2D eigenvalue weighted by atomic mass is 9.99. The molecule has 1 fully saturated rings. The summed E-state index contributed by atoms with van der Waals surface area (Å²) < 4.78 is 32.3. The zero-order valence-corrected chi connectivity index (χ0v) is 19.6. The number of carbonyl (C=O) groups excluding carboxylic acids is 2. The molecule has 2 aromatic carbocycles. The Hall–Kier alpha value is -3.57. The van der Waals surface area contributed by atoms with Gasteiger partial charge in [-0.1, -0.05) is 22.9 Å². The highest BCUT2D eigenvalue weighted by Crippen LogP contribution is 2.24. The zero-order chi connectivity index (χ0) is 24.3. The molecule has 34 heavy (non-hydrogen) atoms. The summed E-state index contributed by atoms with van der Waals surface area (Å²) in [6, 6.07) is 13.1. The van der Waals surface area contributed by atoms with Crippen molar-refractivity contribution in [2.75, 3.05) is 13.1 Å². The summed E-state index contributed by atoms with van der Waals surface area (Å²) in [5.41, 5.74) is 6.77. The van der Waals surface area contributed by atoms with Crippen LogP contribution in [0.1, 0.15) is 34.6 Å². The molecule has 11 heteroatoms. The van der Waals surface area contributed by atoms with Crippen molar-refractivity contribution in [2.45, 2.75) is 31.6 Å². The number of hydrogen-bond donors (Lipinski definition) is 2. The van der Waals surface area contributed by atoms with E-state index in [1.54, 1.807) is 55.5 Å². The van der Waals surface area contributed by atoms with Crippen LogP contribution in [-0.2, 0) is 14.8 Å². The Morgan fingerprint density at radius 1 is 1.03 bits per heavy atom. The lowest BCUT2D eigenvalue weighted by molar-refractivity contribution is -0.126. The highest BCUT2D eigenvalue weighted by atomic mass is 32.2. The van der Waals surface area contributed by atoms with Gasteiger partial charge in [0.25, 0.3) is 11.8 Å². The van der Waals surface area contributed by atoms with Gasteiger partial charge in [0.05, 0.1) is 10.8 Å². The van der Waals surface area contributed by atoms with E-state index in [0.29, 0.717) is 42.2 Å². The molecule has 0 radical (unpaired) electrons. The molecule has 1 aromatic heterocycles. The van der Waals surface area contributed by atoms with E-state index in [4.69, 9.17) is 4.52 Å². The van der Waals surface area contributed by atoms with Crippen LogP contribution in [0.4, 0.5) is 0 Å². The number of hydrazine groups is 1. The molecule has 0 aliphatic carbocycles. The van der Waals surface area contributed by atoms with Gasteiger partial charge in [-0.25, -0.2) is 8.42 Å². The van der Waals surface area contributed by atoms with Crippen molar-refractivity contribution in [3.8, 4) is 11.5 Å². The molecule has 0 unspecified atom stereocenters. The maximum atomic E-state index is 13.0. The molecule has 1 atom stereocenters. The molecule has 1 aliphatic heterocycles. The van der Waals surface area contributed by atoms with Crippen molar-refractivity contribution in [3.63, 3.8) is 0 Å². The molecule has 2 N–H and O–H groups in total. The second-order valence-corrected chi connectivity index (χ2v) is 10.1. The topological polar surface area (TPSA) is 134 Å². The van der Waals surface area contributed by atoms with Crippen LogP contribution in [0.25, 0.3) is 11.5 Å². The van der Waals surface area contributed by atoms with E-state index in [1.165, 1.54) is 4.31 Å². The average Bonchev–Trinajstić information content (AvgIpc) is 3.29. The number of hydrogen-bond acceptors (Lipinski definition) is 7. The Balaban J connectivity index is 1.34. The molecular weight excluding hydrogens is 458 g/mol. The molecule has 1 saturated heterocycles. The predicted octanol–water partition coefficient (Wildman–Crippen LogP) is 2.22. The third-order valence-corrected chi connectivity index (χ3v) is 7.51. The number of aryl methyl sites for hydroxylation is 2. The van der Waals surface area contributed by atoms with Crippen molar-refractivity contribution in [2.24, 2.45) is 5.92 Å². The molecule has 178 valence electrons. The summed E-state index contributed by atoms with van der Waals surface area (Å²) in [4.78, 5) is 29.4. The summed E-state index contributed by atoms with van der Waals surface area (Å²) in [6.45, 7) is 3.99. The van der Waals surface area contributed by atoms with Crippen molar-refractivity contribution < 1.29 is 22.5 Å². The van der Waals surface area contributed by atoms with Gasteiger partial charge in [-0.05, 0) is 63.1 Å². The first-order valence-electron chi connectivity index (χ1n) is 10.8. The second kappa shape index (κ2) is 9.74. The number of nitrogens with one attached hydrogen (secondary N) is 2. The Morgan fingerprint density at radius 2 is 1.74 bits per heavy atom. The molecule has 10 nitrogen and oxygen atoms in total. The van der Waals surface area contributed by atoms with Crippen LogP contribution in [0, 0.1) is 19.8 Å². The maximum absolute atomic E-state index is 13.0. The van der Waals surface area contributed by atoms with E-state index >= 15 is 0 Å². The summed E-state index contributed by atoms with van der Waals surface area (Å²) in [6.07, 6.45) is 1.08. The first-order valence-corrected chi connectivity index (χ1v) is 12.3. The molecule has 3 aromatic rings. The Bertz CT molecular complexity index is 1290. The van der Waals surface area contributed by atoms with E-state index in [0.717, 1.165) is 5.56 Å². The van der Waals surface area contributed by atoms with Gasteiger partial charge in [0, 0.05) is 24.2 Å². The monoisotopic (exact) mass is 483 g/mol. The van der Waals surface area contributed by atoms with Gasteiger partial charge in [0.15, 0.2) is 5.82 Å². The largest absolute Gasteiger partial charge is 0.334 e. The van der Waals surface area contributed by atoms with Gasteiger partial charge >= 0.3 is 0 Å². The van der Waals surface area contributed by atoms with Crippen LogP contribution in [0.5, 0.6) is 0 Å². The lowest BCUT2D eigenvalue weighted by Gasteiger charge is -2.31. The number of nitrogens with zero attached hydrogens (tertiary/aromatic N) is 3. The molecule has 1 aliphatic rings.